The van der Waals surface area contributed by atoms with Crippen molar-refractivity contribution in [2.75, 3.05) is 18.0 Å². The summed E-state index contributed by atoms with van der Waals surface area (Å²) >= 11 is 0. The Morgan fingerprint density at radius 2 is 1.75 bits per heavy atom. The summed E-state index contributed by atoms with van der Waals surface area (Å²) in [6, 6.07) is 6.31. The lowest BCUT2D eigenvalue weighted by molar-refractivity contribution is -0.123. The van der Waals surface area contributed by atoms with Crippen LogP contribution in [0.15, 0.2) is 18.2 Å². The molecule has 2 rings (SSSR count). The molecule has 1 aromatic carbocycles. The number of hydrogen-bond donors (Lipinski definition) is 1. The second kappa shape index (κ2) is 6.89. The summed E-state index contributed by atoms with van der Waals surface area (Å²) in [6.45, 7) is 5.26. The molecule has 1 fully saturated rings. The minimum absolute atomic E-state index is 0.191. The zero-order valence-electron chi connectivity index (χ0n) is 12.7. The average Bonchev–Trinajstić information content (AvgIpc) is 2.44. The Balaban J connectivity index is 2.22. The Labute approximate surface area is 122 Å². The number of amides is 1. The maximum absolute atomic E-state index is 12.8. The number of rotatable bonds is 4. The van der Waals surface area contributed by atoms with Crippen LogP contribution in [-0.4, -0.2) is 19.0 Å². The molecule has 0 radical (unpaired) electrons. The van der Waals surface area contributed by atoms with Crippen molar-refractivity contribution in [3.63, 3.8) is 0 Å². The predicted octanol–water partition coefficient (Wildman–Crippen LogP) is 3.18. The molecule has 0 aromatic heterocycles. The molecule has 110 valence electrons. The molecule has 0 unspecified atom stereocenters. The SMILES string of the molecule is Cc1cc(C)cc(N(CCN)C(=O)C2CCCCC2)c1. The lowest BCUT2D eigenvalue weighted by Gasteiger charge is -2.29. The Kier molecular flexibility index (Phi) is 5.18. The lowest BCUT2D eigenvalue weighted by atomic mass is 9.88. The molecule has 1 saturated carbocycles. The van der Waals surface area contributed by atoms with Gasteiger partial charge < -0.3 is 10.6 Å². The molecule has 0 spiro atoms. The standard InChI is InChI=1S/C17H26N2O/c1-13-10-14(2)12-16(11-13)19(9-8-18)17(20)15-6-4-3-5-7-15/h10-12,15H,3-9,18H2,1-2H3. The highest BCUT2D eigenvalue weighted by Crippen LogP contribution is 2.28. The van der Waals surface area contributed by atoms with Crippen LogP contribution in [0.25, 0.3) is 0 Å². The quantitative estimate of drug-likeness (QED) is 0.916. The molecule has 0 heterocycles. The third kappa shape index (κ3) is 3.60. The van der Waals surface area contributed by atoms with E-state index in [0.717, 1.165) is 18.5 Å². The fraction of sp³-hybridized carbons (Fsp3) is 0.588. The second-order valence-electron chi connectivity index (χ2n) is 5.96. The van der Waals surface area contributed by atoms with Crippen molar-refractivity contribution in [1.29, 1.82) is 0 Å². The van der Waals surface area contributed by atoms with Crippen molar-refractivity contribution in [2.45, 2.75) is 46.0 Å². The van der Waals surface area contributed by atoms with Crippen molar-refractivity contribution in [1.82, 2.24) is 0 Å². The van der Waals surface area contributed by atoms with E-state index >= 15 is 0 Å². The van der Waals surface area contributed by atoms with Gasteiger partial charge in [-0.15, -0.1) is 0 Å². The van der Waals surface area contributed by atoms with Gasteiger partial charge in [0.05, 0.1) is 0 Å². The van der Waals surface area contributed by atoms with Gasteiger partial charge in [-0.3, -0.25) is 4.79 Å². The van der Waals surface area contributed by atoms with E-state index < -0.39 is 0 Å². The molecule has 3 heteroatoms. The summed E-state index contributed by atoms with van der Waals surface area (Å²) < 4.78 is 0. The van der Waals surface area contributed by atoms with Gasteiger partial charge in [-0.2, -0.15) is 0 Å². The zero-order valence-corrected chi connectivity index (χ0v) is 12.7. The van der Waals surface area contributed by atoms with Gasteiger partial charge >= 0.3 is 0 Å². The van der Waals surface area contributed by atoms with Gasteiger partial charge in [0.15, 0.2) is 0 Å². The summed E-state index contributed by atoms with van der Waals surface area (Å²) in [4.78, 5) is 14.7. The second-order valence-corrected chi connectivity index (χ2v) is 5.96. The molecule has 1 aliphatic carbocycles. The van der Waals surface area contributed by atoms with Gasteiger partial charge in [-0.05, 0) is 49.9 Å². The largest absolute Gasteiger partial charge is 0.329 e. The molecule has 0 saturated heterocycles. The van der Waals surface area contributed by atoms with Crippen molar-refractivity contribution >= 4 is 11.6 Å². The van der Waals surface area contributed by atoms with E-state index in [1.807, 2.05) is 4.90 Å². The average molecular weight is 274 g/mol. The van der Waals surface area contributed by atoms with Crippen molar-refractivity contribution < 1.29 is 4.79 Å². The predicted molar refractivity (Wildman–Crippen MR) is 83.9 cm³/mol. The highest BCUT2D eigenvalue weighted by Gasteiger charge is 2.26. The van der Waals surface area contributed by atoms with Crippen LogP contribution in [-0.2, 0) is 4.79 Å². The van der Waals surface area contributed by atoms with Crippen molar-refractivity contribution in [3.05, 3.63) is 29.3 Å². The van der Waals surface area contributed by atoms with Crippen LogP contribution in [0.4, 0.5) is 5.69 Å². The van der Waals surface area contributed by atoms with E-state index in [9.17, 15) is 4.79 Å². The molecule has 20 heavy (non-hydrogen) atoms. The van der Waals surface area contributed by atoms with Gasteiger partial charge in [0.2, 0.25) is 5.91 Å². The normalized spacial score (nSPS) is 16.1. The number of aryl methyl sites for hydroxylation is 2. The lowest BCUT2D eigenvalue weighted by Crippen LogP contribution is -2.40. The highest BCUT2D eigenvalue weighted by atomic mass is 16.2. The van der Waals surface area contributed by atoms with Crippen LogP contribution in [0.3, 0.4) is 0 Å². The van der Waals surface area contributed by atoms with Crippen molar-refractivity contribution in [2.24, 2.45) is 11.7 Å². The topological polar surface area (TPSA) is 46.3 Å². The molecule has 0 aliphatic heterocycles. The monoisotopic (exact) mass is 274 g/mol. The van der Waals surface area contributed by atoms with Crippen LogP contribution >= 0.6 is 0 Å². The number of hydrogen-bond acceptors (Lipinski definition) is 2. The summed E-state index contributed by atoms with van der Waals surface area (Å²) in [7, 11) is 0. The summed E-state index contributed by atoms with van der Waals surface area (Å²) in [5, 5.41) is 0. The van der Waals surface area contributed by atoms with Crippen LogP contribution in [0.5, 0.6) is 0 Å². The Morgan fingerprint density at radius 3 is 2.30 bits per heavy atom. The Bertz CT molecular complexity index is 444. The summed E-state index contributed by atoms with van der Waals surface area (Å²) in [5.74, 6) is 0.455. The fourth-order valence-electron chi connectivity index (χ4n) is 3.17. The van der Waals surface area contributed by atoms with E-state index in [-0.39, 0.29) is 11.8 Å². The molecule has 0 bridgehead atoms. The highest BCUT2D eigenvalue weighted by molar-refractivity contribution is 5.95. The number of carbonyl (C=O) groups is 1. The first-order chi connectivity index (χ1) is 9.61. The molecule has 0 atom stereocenters. The number of carbonyl (C=O) groups excluding carboxylic acids is 1. The van der Waals surface area contributed by atoms with E-state index in [0.29, 0.717) is 13.1 Å². The van der Waals surface area contributed by atoms with E-state index in [1.165, 1.54) is 30.4 Å². The van der Waals surface area contributed by atoms with Gasteiger partial charge in [0.1, 0.15) is 0 Å². The minimum atomic E-state index is 0.191. The third-order valence-electron chi connectivity index (χ3n) is 4.09. The minimum Gasteiger partial charge on any atom is -0.329 e. The summed E-state index contributed by atoms with van der Waals surface area (Å²) in [5.41, 5.74) is 9.11. The maximum atomic E-state index is 12.8. The Morgan fingerprint density at radius 1 is 1.15 bits per heavy atom. The maximum Gasteiger partial charge on any atom is 0.230 e. The Hall–Kier alpha value is -1.35. The number of nitrogens with two attached hydrogens (primary N) is 1. The van der Waals surface area contributed by atoms with Gasteiger partial charge in [0.25, 0.3) is 0 Å². The summed E-state index contributed by atoms with van der Waals surface area (Å²) in [6.07, 6.45) is 5.69. The number of anilines is 1. The fourth-order valence-corrected chi connectivity index (χ4v) is 3.17. The van der Waals surface area contributed by atoms with Crippen LogP contribution in [0, 0.1) is 19.8 Å². The first-order valence-electron chi connectivity index (χ1n) is 7.71. The molecule has 3 nitrogen and oxygen atoms in total. The van der Waals surface area contributed by atoms with E-state index in [2.05, 4.69) is 32.0 Å². The van der Waals surface area contributed by atoms with Crippen LogP contribution in [0.1, 0.15) is 43.2 Å². The van der Waals surface area contributed by atoms with Gasteiger partial charge in [-0.1, -0.05) is 25.3 Å². The molecule has 1 amide bonds. The first kappa shape index (κ1) is 15.0. The third-order valence-corrected chi connectivity index (χ3v) is 4.09. The van der Waals surface area contributed by atoms with Gasteiger partial charge in [-0.25, -0.2) is 0 Å². The zero-order chi connectivity index (χ0) is 14.5. The smallest absolute Gasteiger partial charge is 0.230 e. The number of benzene rings is 1. The van der Waals surface area contributed by atoms with Gasteiger partial charge in [0, 0.05) is 24.7 Å². The van der Waals surface area contributed by atoms with Crippen molar-refractivity contribution in [3.8, 4) is 0 Å². The van der Waals surface area contributed by atoms with E-state index in [1.54, 1.807) is 0 Å². The number of nitrogens with zero attached hydrogens (tertiary/aromatic N) is 1. The first-order valence-corrected chi connectivity index (χ1v) is 7.71. The molecule has 1 aromatic rings. The molecule has 2 N–H and O–H groups in total. The van der Waals surface area contributed by atoms with Crippen LogP contribution < -0.4 is 10.6 Å². The molecule has 1 aliphatic rings. The van der Waals surface area contributed by atoms with Crippen LogP contribution in [0.2, 0.25) is 0 Å². The molecular formula is C17H26N2O. The van der Waals surface area contributed by atoms with E-state index in [4.69, 9.17) is 5.73 Å². The molecular weight excluding hydrogens is 248 g/mol.